The second-order valence-corrected chi connectivity index (χ2v) is 5.35. The molecule has 2 aromatic heterocycles. The van der Waals surface area contributed by atoms with E-state index < -0.39 is 0 Å². The Morgan fingerprint density at radius 2 is 2.16 bits per heavy atom. The molecule has 0 bridgehead atoms. The lowest BCUT2D eigenvalue weighted by molar-refractivity contribution is 0.225. The van der Waals surface area contributed by atoms with Crippen LogP contribution < -0.4 is 5.32 Å². The maximum absolute atomic E-state index is 5.28. The lowest BCUT2D eigenvalue weighted by atomic mass is 10.3. The zero-order valence-corrected chi connectivity index (χ0v) is 11.9. The fourth-order valence-electron chi connectivity index (χ4n) is 2.03. The van der Waals surface area contributed by atoms with Crippen molar-refractivity contribution >= 4 is 15.9 Å². The van der Waals surface area contributed by atoms with Crippen molar-refractivity contribution in [2.75, 3.05) is 26.2 Å². The summed E-state index contributed by atoms with van der Waals surface area (Å²) in [5.74, 6) is 1.23. The summed E-state index contributed by atoms with van der Waals surface area (Å²) in [6.45, 7) is 4.79. The molecule has 0 saturated carbocycles. The lowest BCUT2D eigenvalue weighted by Gasteiger charge is -2.25. The summed E-state index contributed by atoms with van der Waals surface area (Å²) in [4.78, 5) is 10.8. The average molecular weight is 324 g/mol. The minimum absolute atomic E-state index is 0.513. The van der Waals surface area contributed by atoms with Gasteiger partial charge in [0.1, 0.15) is 0 Å². The number of pyridine rings is 1. The smallest absolute Gasteiger partial charge is 0.259 e. The van der Waals surface area contributed by atoms with Crippen molar-refractivity contribution in [3.05, 3.63) is 28.8 Å². The van der Waals surface area contributed by atoms with E-state index in [2.05, 4.69) is 41.3 Å². The Morgan fingerprint density at radius 1 is 1.32 bits per heavy atom. The standard InChI is InChI=1S/C12H14BrN5O/c13-10-5-9(6-15-7-10)12-16-11(17-19-12)8-18-3-1-14-2-4-18/h5-7,14H,1-4,8H2. The molecule has 0 atom stereocenters. The monoisotopic (exact) mass is 323 g/mol. The summed E-state index contributed by atoms with van der Waals surface area (Å²) in [7, 11) is 0. The molecule has 3 heterocycles. The van der Waals surface area contributed by atoms with E-state index in [4.69, 9.17) is 4.52 Å². The molecular weight excluding hydrogens is 310 g/mol. The molecule has 2 aromatic rings. The van der Waals surface area contributed by atoms with E-state index >= 15 is 0 Å². The summed E-state index contributed by atoms with van der Waals surface area (Å²) in [5, 5.41) is 7.34. The van der Waals surface area contributed by atoms with Gasteiger partial charge in [0.15, 0.2) is 5.82 Å². The van der Waals surface area contributed by atoms with Crippen LogP contribution in [0.25, 0.3) is 11.5 Å². The Morgan fingerprint density at radius 3 is 2.95 bits per heavy atom. The van der Waals surface area contributed by atoms with E-state index in [1.54, 1.807) is 12.4 Å². The van der Waals surface area contributed by atoms with Gasteiger partial charge in [-0.15, -0.1) is 0 Å². The molecule has 0 aliphatic carbocycles. The van der Waals surface area contributed by atoms with Crippen molar-refractivity contribution in [2.24, 2.45) is 0 Å². The third kappa shape index (κ3) is 3.17. The van der Waals surface area contributed by atoms with Crippen LogP contribution in [0.4, 0.5) is 0 Å². The molecule has 7 heteroatoms. The zero-order chi connectivity index (χ0) is 13.1. The van der Waals surface area contributed by atoms with E-state index in [0.717, 1.165) is 48.6 Å². The maximum atomic E-state index is 5.28. The maximum Gasteiger partial charge on any atom is 0.259 e. The summed E-state index contributed by atoms with van der Waals surface area (Å²) in [5.41, 5.74) is 0.827. The van der Waals surface area contributed by atoms with Gasteiger partial charge in [-0.2, -0.15) is 4.98 Å². The van der Waals surface area contributed by atoms with Gasteiger partial charge >= 0.3 is 0 Å². The molecule has 3 rings (SSSR count). The quantitative estimate of drug-likeness (QED) is 0.918. The van der Waals surface area contributed by atoms with Gasteiger partial charge in [-0.05, 0) is 22.0 Å². The van der Waals surface area contributed by atoms with Gasteiger partial charge in [0.25, 0.3) is 5.89 Å². The van der Waals surface area contributed by atoms with Crippen LogP contribution in [0.2, 0.25) is 0 Å². The second kappa shape index (κ2) is 5.77. The van der Waals surface area contributed by atoms with Crippen LogP contribution in [0.3, 0.4) is 0 Å². The molecule has 1 N–H and O–H groups in total. The van der Waals surface area contributed by atoms with Gasteiger partial charge in [0.2, 0.25) is 0 Å². The minimum atomic E-state index is 0.513. The van der Waals surface area contributed by atoms with Gasteiger partial charge in [0, 0.05) is 43.0 Å². The van der Waals surface area contributed by atoms with Gasteiger partial charge in [-0.25, -0.2) is 0 Å². The van der Waals surface area contributed by atoms with Crippen LogP contribution in [0.1, 0.15) is 5.82 Å². The lowest BCUT2D eigenvalue weighted by Crippen LogP contribution is -2.43. The van der Waals surface area contributed by atoms with E-state index in [1.807, 2.05) is 6.07 Å². The van der Waals surface area contributed by atoms with E-state index in [1.165, 1.54) is 0 Å². The van der Waals surface area contributed by atoms with Crippen molar-refractivity contribution < 1.29 is 4.52 Å². The van der Waals surface area contributed by atoms with Crippen LogP contribution >= 0.6 is 15.9 Å². The van der Waals surface area contributed by atoms with Gasteiger partial charge in [-0.1, -0.05) is 5.16 Å². The van der Waals surface area contributed by atoms with Crippen molar-refractivity contribution in [3.63, 3.8) is 0 Å². The zero-order valence-electron chi connectivity index (χ0n) is 10.3. The molecule has 0 amide bonds. The molecule has 6 nitrogen and oxygen atoms in total. The predicted molar refractivity (Wildman–Crippen MR) is 73.4 cm³/mol. The molecule has 1 fully saturated rings. The number of piperazine rings is 1. The summed E-state index contributed by atoms with van der Waals surface area (Å²) < 4.78 is 6.18. The molecule has 0 aromatic carbocycles. The average Bonchev–Trinajstić information content (AvgIpc) is 2.88. The van der Waals surface area contributed by atoms with Gasteiger partial charge < -0.3 is 9.84 Å². The molecule has 0 radical (unpaired) electrons. The number of nitrogens with one attached hydrogen (secondary N) is 1. The first-order chi connectivity index (χ1) is 9.31. The Bertz CT molecular complexity index is 553. The normalized spacial score (nSPS) is 16.7. The van der Waals surface area contributed by atoms with Crippen LogP contribution in [0.5, 0.6) is 0 Å². The highest BCUT2D eigenvalue weighted by atomic mass is 79.9. The Balaban J connectivity index is 1.72. The molecular formula is C12H14BrN5O. The number of aromatic nitrogens is 3. The topological polar surface area (TPSA) is 67.1 Å². The molecule has 100 valence electrons. The SMILES string of the molecule is Brc1cncc(-c2nc(CN3CCNCC3)no2)c1. The third-order valence-corrected chi connectivity index (χ3v) is 3.43. The summed E-state index contributed by atoms with van der Waals surface area (Å²) >= 11 is 3.38. The van der Waals surface area contributed by atoms with E-state index in [9.17, 15) is 0 Å². The number of hydrogen-bond donors (Lipinski definition) is 1. The highest BCUT2D eigenvalue weighted by Gasteiger charge is 2.15. The van der Waals surface area contributed by atoms with Crippen LogP contribution in [-0.4, -0.2) is 46.2 Å². The highest BCUT2D eigenvalue weighted by molar-refractivity contribution is 9.10. The third-order valence-electron chi connectivity index (χ3n) is 2.99. The van der Waals surface area contributed by atoms with Crippen molar-refractivity contribution in [1.82, 2.24) is 25.3 Å². The second-order valence-electron chi connectivity index (χ2n) is 4.43. The van der Waals surface area contributed by atoms with Gasteiger partial charge in [0.05, 0.1) is 12.1 Å². The molecule has 19 heavy (non-hydrogen) atoms. The molecule has 1 aliphatic heterocycles. The summed E-state index contributed by atoms with van der Waals surface area (Å²) in [6.07, 6.45) is 3.44. The van der Waals surface area contributed by atoms with E-state index in [-0.39, 0.29) is 0 Å². The van der Waals surface area contributed by atoms with Crippen LogP contribution in [0.15, 0.2) is 27.5 Å². The Hall–Kier alpha value is -1.31. The van der Waals surface area contributed by atoms with Crippen LogP contribution in [0, 0.1) is 0 Å². The predicted octanol–water partition coefficient (Wildman–Crippen LogP) is 1.30. The first-order valence-electron chi connectivity index (χ1n) is 6.18. The number of rotatable bonds is 3. The fraction of sp³-hybridized carbons (Fsp3) is 0.417. The minimum Gasteiger partial charge on any atom is -0.334 e. The van der Waals surface area contributed by atoms with Gasteiger partial charge in [-0.3, -0.25) is 9.88 Å². The van der Waals surface area contributed by atoms with Crippen molar-refractivity contribution in [1.29, 1.82) is 0 Å². The molecule has 1 aliphatic rings. The fourth-order valence-corrected chi connectivity index (χ4v) is 2.40. The first-order valence-corrected chi connectivity index (χ1v) is 6.97. The van der Waals surface area contributed by atoms with E-state index in [0.29, 0.717) is 5.89 Å². The van der Waals surface area contributed by atoms with Crippen molar-refractivity contribution in [3.8, 4) is 11.5 Å². The number of halogens is 1. The number of hydrogen-bond acceptors (Lipinski definition) is 6. The highest BCUT2D eigenvalue weighted by Crippen LogP contribution is 2.20. The molecule has 1 saturated heterocycles. The van der Waals surface area contributed by atoms with Crippen molar-refractivity contribution in [2.45, 2.75) is 6.54 Å². The van der Waals surface area contributed by atoms with Crippen LogP contribution in [-0.2, 0) is 6.54 Å². The molecule has 0 unspecified atom stereocenters. The Labute approximate surface area is 119 Å². The Kier molecular flexibility index (Phi) is 3.86. The number of nitrogens with zero attached hydrogens (tertiary/aromatic N) is 4. The summed E-state index contributed by atoms with van der Waals surface area (Å²) in [6, 6.07) is 1.91. The largest absolute Gasteiger partial charge is 0.334 e. The first kappa shape index (κ1) is 12.7. The molecule has 0 spiro atoms.